The number of fused-ring (bicyclic) bond motifs is 1. The van der Waals surface area contributed by atoms with E-state index < -0.39 is 6.16 Å². The Bertz CT molecular complexity index is 504. The van der Waals surface area contributed by atoms with Crippen LogP contribution in [-0.2, 0) is 4.74 Å². The zero-order valence-electron chi connectivity index (χ0n) is 8.43. The molecule has 2 rings (SSSR count). The van der Waals surface area contributed by atoms with E-state index in [0.717, 1.165) is 11.3 Å². The highest BCUT2D eigenvalue weighted by atomic mass is 16.7. The number of rotatable bonds is 1. The number of aryl methyl sites for hydroxylation is 1. The lowest BCUT2D eigenvalue weighted by Crippen LogP contribution is -2.08. The van der Waals surface area contributed by atoms with Crippen molar-refractivity contribution >= 4 is 11.8 Å². The highest BCUT2D eigenvalue weighted by Gasteiger charge is 2.12. The van der Waals surface area contributed by atoms with E-state index >= 15 is 0 Å². The summed E-state index contributed by atoms with van der Waals surface area (Å²) in [6.07, 6.45) is 1.09. The van der Waals surface area contributed by atoms with Gasteiger partial charge < -0.3 is 13.9 Å². The number of hydrogen-bond acceptors (Lipinski definition) is 4. The summed E-state index contributed by atoms with van der Waals surface area (Å²) in [5.74, 6) is 0.271. The first kappa shape index (κ1) is 9.51. The highest BCUT2D eigenvalue weighted by Crippen LogP contribution is 2.18. The number of imidazole rings is 1. The zero-order valence-corrected chi connectivity index (χ0v) is 8.43. The molecule has 0 bridgehead atoms. The Hall–Kier alpha value is -2.04. The number of aromatic nitrogens is 2. The Morgan fingerprint density at radius 3 is 2.93 bits per heavy atom. The lowest BCUT2D eigenvalue weighted by atomic mass is 10.4. The number of ether oxygens (including phenoxy) is 2. The van der Waals surface area contributed by atoms with Gasteiger partial charge >= 0.3 is 6.16 Å². The third-order valence-electron chi connectivity index (χ3n) is 2.07. The highest BCUT2D eigenvalue weighted by molar-refractivity contribution is 5.64. The summed E-state index contributed by atoms with van der Waals surface area (Å²) in [4.78, 5) is 15.1. The van der Waals surface area contributed by atoms with Crippen LogP contribution in [0.25, 0.3) is 5.65 Å². The van der Waals surface area contributed by atoms with Crippen LogP contribution in [0.4, 0.5) is 4.79 Å². The topological polar surface area (TPSA) is 52.8 Å². The maximum atomic E-state index is 10.9. The third-order valence-corrected chi connectivity index (χ3v) is 2.07. The van der Waals surface area contributed by atoms with Gasteiger partial charge in [-0.1, -0.05) is 6.07 Å². The van der Waals surface area contributed by atoms with Crippen LogP contribution in [0.3, 0.4) is 0 Å². The molecule has 5 heteroatoms. The lowest BCUT2D eigenvalue weighted by Gasteiger charge is -1.98. The standard InChI is InChI=1S/C10H10N2O3/c1-7-9(15-10(13)14-2)11-8-5-3-4-6-12(7)8/h3-6H,1-2H3. The molecular weight excluding hydrogens is 196 g/mol. The maximum absolute atomic E-state index is 10.9. The minimum atomic E-state index is -0.762. The molecule has 0 aliphatic rings. The molecule has 0 saturated heterocycles. The third kappa shape index (κ3) is 1.63. The quantitative estimate of drug-likeness (QED) is 0.667. The molecule has 0 atom stereocenters. The minimum Gasteiger partial charge on any atom is -0.437 e. The van der Waals surface area contributed by atoms with Crippen molar-refractivity contribution in [3.05, 3.63) is 30.1 Å². The van der Waals surface area contributed by atoms with E-state index in [2.05, 4.69) is 9.72 Å². The second kappa shape index (κ2) is 3.61. The fourth-order valence-electron chi connectivity index (χ4n) is 1.31. The number of carbonyl (C=O) groups is 1. The normalized spacial score (nSPS) is 10.3. The number of carbonyl (C=O) groups excluding carboxylic acids is 1. The summed E-state index contributed by atoms with van der Waals surface area (Å²) < 4.78 is 11.1. The van der Waals surface area contributed by atoms with Gasteiger partial charge in [0.2, 0.25) is 5.88 Å². The van der Waals surface area contributed by atoms with Crippen molar-refractivity contribution in [2.45, 2.75) is 6.92 Å². The van der Waals surface area contributed by atoms with Crippen LogP contribution in [0.15, 0.2) is 24.4 Å². The maximum Gasteiger partial charge on any atom is 0.514 e. The second-order valence-electron chi connectivity index (χ2n) is 2.99. The molecule has 0 saturated carbocycles. The summed E-state index contributed by atoms with van der Waals surface area (Å²) in [6, 6.07) is 5.57. The van der Waals surface area contributed by atoms with Gasteiger partial charge in [0.05, 0.1) is 12.8 Å². The van der Waals surface area contributed by atoms with Crippen LogP contribution in [-0.4, -0.2) is 22.6 Å². The number of pyridine rings is 1. The molecule has 78 valence electrons. The molecule has 0 aliphatic carbocycles. The summed E-state index contributed by atoms with van der Waals surface area (Å²) >= 11 is 0. The fourth-order valence-corrected chi connectivity index (χ4v) is 1.31. The predicted molar refractivity (Wildman–Crippen MR) is 53.0 cm³/mol. The average molecular weight is 206 g/mol. The molecule has 2 aromatic heterocycles. The second-order valence-corrected chi connectivity index (χ2v) is 2.99. The molecule has 15 heavy (non-hydrogen) atoms. The first-order valence-electron chi connectivity index (χ1n) is 4.42. The smallest absolute Gasteiger partial charge is 0.437 e. The van der Waals surface area contributed by atoms with E-state index in [1.165, 1.54) is 7.11 Å². The monoisotopic (exact) mass is 206 g/mol. The Morgan fingerprint density at radius 2 is 2.27 bits per heavy atom. The molecule has 0 aliphatic heterocycles. The van der Waals surface area contributed by atoms with Crippen LogP contribution in [0.5, 0.6) is 5.88 Å². The molecular formula is C10H10N2O3. The van der Waals surface area contributed by atoms with E-state index in [4.69, 9.17) is 4.74 Å². The summed E-state index contributed by atoms with van der Waals surface area (Å²) in [6.45, 7) is 1.82. The Balaban J connectivity index is 2.44. The van der Waals surface area contributed by atoms with Crippen LogP contribution >= 0.6 is 0 Å². The van der Waals surface area contributed by atoms with Crippen molar-refractivity contribution in [2.24, 2.45) is 0 Å². The molecule has 0 amide bonds. The molecule has 0 aromatic carbocycles. The molecule has 0 spiro atoms. The largest absolute Gasteiger partial charge is 0.514 e. The Morgan fingerprint density at radius 1 is 1.47 bits per heavy atom. The van der Waals surface area contributed by atoms with Gasteiger partial charge in [-0.25, -0.2) is 4.79 Å². The Kier molecular flexibility index (Phi) is 2.29. The van der Waals surface area contributed by atoms with Gasteiger partial charge in [0, 0.05) is 6.20 Å². The molecule has 0 fully saturated rings. The van der Waals surface area contributed by atoms with Crippen LogP contribution in [0, 0.1) is 6.92 Å². The fraction of sp³-hybridized carbons (Fsp3) is 0.200. The Labute approximate surface area is 86.3 Å². The molecule has 5 nitrogen and oxygen atoms in total. The van der Waals surface area contributed by atoms with Gasteiger partial charge in [-0.3, -0.25) is 0 Å². The van der Waals surface area contributed by atoms with Gasteiger partial charge in [0.1, 0.15) is 5.65 Å². The van der Waals surface area contributed by atoms with Crippen molar-refractivity contribution in [3.8, 4) is 5.88 Å². The van der Waals surface area contributed by atoms with Gasteiger partial charge in [0.15, 0.2) is 0 Å². The average Bonchev–Trinajstić information content (AvgIpc) is 2.57. The van der Waals surface area contributed by atoms with Crippen molar-refractivity contribution in [1.29, 1.82) is 0 Å². The van der Waals surface area contributed by atoms with E-state index in [-0.39, 0.29) is 5.88 Å². The predicted octanol–water partition coefficient (Wildman–Crippen LogP) is 1.79. The van der Waals surface area contributed by atoms with Crippen molar-refractivity contribution in [3.63, 3.8) is 0 Å². The molecule has 2 aromatic rings. The van der Waals surface area contributed by atoms with E-state index in [1.54, 1.807) is 0 Å². The molecule has 0 radical (unpaired) electrons. The summed E-state index contributed by atoms with van der Waals surface area (Å²) in [5, 5.41) is 0. The minimum absolute atomic E-state index is 0.271. The van der Waals surface area contributed by atoms with E-state index in [1.807, 2.05) is 35.7 Å². The molecule has 0 unspecified atom stereocenters. The first-order valence-corrected chi connectivity index (χ1v) is 4.42. The number of hydrogen-bond donors (Lipinski definition) is 0. The number of nitrogens with zero attached hydrogens (tertiary/aromatic N) is 2. The molecule has 0 N–H and O–H groups in total. The first-order chi connectivity index (χ1) is 7.22. The van der Waals surface area contributed by atoms with Crippen molar-refractivity contribution in [1.82, 2.24) is 9.38 Å². The van der Waals surface area contributed by atoms with Gasteiger partial charge in [-0.05, 0) is 19.1 Å². The van der Waals surface area contributed by atoms with Crippen molar-refractivity contribution in [2.75, 3.05) is 7.11 Å². The molecule has 2 heterocycles. The van der Waals surface area contributed by atoms with Gasteiger partial charge in [-0.2, -0.15) is 4.98 Å². The van der Waals surface area contributed by atoms with E-state index in [0.29, 0.717) is 0 Å². The van der Waals surface area contributed by atoms with Gasteiger partial charge in [0.25, 0.3) is 0 Å². The lowest BCUT2D eigenvalue weighted by molar-refractivity contribution is 0.119. The summed E-state index contributed by atoms with van der Waals surface area (Å²) in [7, 11) is 1.26. The van der Waals surface area contributed by atoms with E-state index in [9.17, 15) is 4.79 Å². The van der Waals surface area contributed by atoms with Crippen LogP contribution < -0.4 is 4.74 Å². The van der Waals surface area contributed by atoms with Gasteiger partial charge in [-0.15, -0.1) is 0 Å². The SMILES string of the molecule is COC(=O)Oc1nc2ccccn2c1C. The summed E-state index contributed by atoms with van der Waals surface area (Å²) in [5.41, 5.74) is 1.49. The number of methoxy groups -OCH3 is 1. The van der Waals surface area contributed by atoms with Crippen molar-refractivity contribution < 1.29 is 14.3 Å². The zero-order chi connectivity index (χ0) is 10.8. The van der Waals surface area contributed by atoms with Crippen LogP contribution in [0.1, 0.15) is 5.69 Å². The van der Waals surface area contributed by atoms with Crippen LogP contribution in [0.2, 0.25) is 0 Å².